The summed E-state index contributed by atoms with van der Waals surface area (Å²) in [6.07, 6.45) is 0. The summed E-state index contributed by atoms with van der Waals surface area (Å²) in [5.74, 6) is 0.929. The molecule has 0 amide bonds. The van der Waals surface area contributed by atoms with E-state index in [0.717, 1.165) is 67.4 Å². The number of hydrogen-bond acceptors (Lipinski definition) is 2. The van der Waals surface area contributed by atoms with E-state index >= 15 is 0 Å². The largest absolute Gasteiger partial charge is 0.311 e. The van der Waals surface area contributed by atoms with Gasteiger partial charge in [0.25, 0.3) is 0 Å². The van der Waals surface area contributed by atoms with Gasteiger partial charge in [0, 0.05) is 28.3 Å². The van der Waals surface area contributed by atoms with Gasteiger partial charge in [0.05, 0.1) is 11.0 Å². The molecular weight excluding hydrogens is 775 g/mol. The summed E-state index contributed by atoms with van der Waals surface area (Å²) in [7, 11) is 0. The quantitative estimate of drug-likeness (QED) is 0.137. The first-order chi connectivity index (χ1) is 31.7. The van der Waals surface area contributed by atoms with E-state index in [1.807, 2.05) is 6.07 Å². The van der Waals surface area contributed by atoms with Crippen molar-refractivity contribution < 1.29 is 0 Å². The van der Waals surface area contributed by atoms with Crippen molar-refractivity contribution >= 4 is 28.1 Å². The van der Waals surface area contributed by atoms with Gasteiger partial charge in [-0.3, -0.25) is 4.57 Å². The first-order valence-corrected chi connectivity index (χ1v) is 21.8. The molecule has 0 saturated carbocycles. The molecule has 0 fully saturated rings. The maximum atomic E-state index is 5.21. The Balaban J connectivity index is 0.909. The van der Waals surface area contributed by atoms with Crippen LogP contribution in [0.3, 0.4) is 0 Å². The van der Waals surface area contributed by atoms with Crippen LogP contribution >= 0.6 is 0 Å². The molecule has 302 valence electrons. The smallest absolute Gasteiger partial charge is 0.145 e. The normalized spacial score (nSPS) is 11.1. The summed E-state index contributed by atoms with van der Waals surface area (Å²) >= 11 is 0. The first-order valence-electron chi connectivity index (χ1n) is 21.8. The Kier molecular flexibility index (Phi) is 10.3. The average molecular weight is 818 g/mol. The third kappa shape index (κ3) is 7.68. The lowest BCUT2D eigenvalue weighted by Crippen LogP contribution is -2.09. The lowest BCUT2D eigenvalue weighted by molar-refractivity contribution is 1.10. The van der Waals surface area contributed by atoms with Crippen LogP contribution < -0.4 is 4.90 Å². The summed E-state index contributed by atoms with van der Waals surface area (Å²) in [4.78, 5) is 7.55. The zero-order chi connectivity index (χ0) is 42.7. The van der Waals surface area contributed by atoms with Crippen LogP contribution in [0.4, 0.5) is 17.1 Å². The molecule has 1 heterocycles. The van der Waals surface area contributed by atoms with Crippen LogP contribution in [0, 0.1) is 0 Å². The zero-order valence-corrected chi connectivity index (χ0v) is 35.2. The molecule has 0 aliphatic rings. The Hall–Kier alpha value is -8.53. The molecule has 0 saturated heterocycles. The zero-order valence-electron chi connectivity index (χ0n) is 35.2. The topological polar surface area (TPSA) is 21.1 Å². The molecule has 3 nitrogen and oxygen atoms in total. The third-order valence-electron chi connectivity index (χ3n) is 12.0. The number of hydrogen-bond donors (Lipinski definition) is 0. The second-order valence-corrected chi connectivity index (χ2v) is 16.0. The molecule has 0 unspecified atom stereocenters. The maximum Gasteiger partial charge on any atom is 0.145 e. The Morgan fingerprint density at radius 1 is 0.266 bits per heavy atom. The van der Waals surface area contributed by atoms with Crippen LogP contribution in [0.1, 0.15) is 0 Å². The molecule has 1 aromatic heterocycles. The van der Waals surface area contributed by atoms with Gasteiger partial charge in [-0.05, 0) is 122 Å². The number of imidazole rings is 1. The van der Waals surface area contributed by atoms with Gasteiger partial charge in [0.15, 0.2) is 0 Å². The van der Waals surface area contributed by atoms with Crippen molar-refractivity contribution in [2.45, 2.75) is 0 Å². The Morgan fingerprint density at radius 2 is 0.594 bits per heavy atom. The van der Waals surface area contributed by atoms with Crippen LogP contribution in [-0.2, 0) is 0 Å². The molecule has 0 bridgehead atoms. The van der Waals surface area contributed by atoms with Gasteiger partial charge < -0.3 is 4.90 Å². The minimum absolute atomic E-state index is 0.929. The van der Waals surface area contributed by atoms with E-state index < -0.39 is 0 Å². The van der Waals surface area contributed by atoms with Crippen molar-refractivity contribution in [3.8, 4) is 72.7 Å². The van der Waals surface area contributed by atoms with Gasteiger partial charge in [-0.15, -0.1) is 0 Å². The van der Waals surface area contributed by atoms with E-state index in [1.54, 1.807) is 0 Å². The van der Waals surface area contributed by atoms with Crippen molar-refractivity contribution in [3.05, 3.63) is 261 Å². The third-order valence-corrected chi connectivity index (χ3v) is 12.0. The molecule has 0 aliphatic carbocycles. The average Bonchev–Trinajstić information content (AvgIpc) is 3.77. The van der Waals surface area contributed by atoms with Crippen molar-refractivity contribution in [1.82, 2.24) is 9.55 Å². The molecule has 0 atom stereocenters. The predicted octanol–water partition coefficient (Wildman–Crippen LogP) is 16.5. The fourth-order valence-electron chi connectivity index (χ4n) is 8.73. The molecule has 11 aromatic rings. The fraction of sp³-hybridized carbons (Fsp3) is 0. The van der Waals surface area contributed by atoms with E-state index in [9.17, 15) is 0 Å². The molecule has 0 radical (unpaired) electrons. The molecule has 0 aliphatic heterocycles. The first kappa shape index (κ1) is 38.4. The molecular formula is C61H43N3. The Bertz CT molecular complexity index is 3300. The number of anilines is 3. The summed E-state index contributed by atoms with van der Waals surface area (Å²) < 4.78 is 2.26. The lowest BCUT2D eigenvalue weighted by Gasteiger charge is -2.26. The van der Waals surface area contributed by atoms with Crippen LogP contribution in [0.5, 0.6) is 0 Å². The van der Waals surface area contributed by atoms with Gasteiger partial charge in [0.2, 0.25) is 0 Å². The highest BCUT2D eigenvalue weighted by molar-refractivity contribution is 5.88. The highest BCUT2D eigenvalue weighted by atomic mass is 15.1. The highest BCUT2D eigenvalue weighted by Gasteiger charge is 2.17. The number of fused-ring (bicyclic) bond motifs is 1. The maximum absolute atomic E-state index is 5.21. The van der Waals surface area contributed by atoms with Crippen molar-refractivity contribution in [2.75, 3.05) is 4.90 Å². The number of para-hydroxylation sites is 1. The highest BCUT2D eigenvalue weighted by Crippen LogP contribution is 2.39. The molecule has 3 heteroatoms. The van der Waals surface area contributed by atoms with E-state index in [0.29, 0.717) is 0 Å². The molecule has 0 spiro atoms. The predicted molar refractivity (Wildman–Crippen MR) is 268 cm³/mol. The van der Waals surface area contributed by atoms with Crippen LogP contribution in [-0.4, -0.2) is 9.55 Å². The minimum Gasteiger partial charge on any atom is -0.311 e. The SMILES string of the molecule is c1ccc(-c2ccc(-c3ccc(N(c4ccc(-c5ccccc5)cc4)c4ccc(-c5cccc(-c6ccc7c(c6)nc(-c6ccccc6)n7-c6ccccc6)c5)cc4)cc3)cc2)cc1. The fourth-order valence-corrected chi connectivity index (χ4v) is 8.73. The minimum atomic E-state index is 0.929. The summed E-state index contributed by atoms with van der Waals surface area (Å²) in [6, 6.07) is 93.0. The van der Waals surface area contributed by atoms with Crippen molar-refractivity contribution in [1.29, 1.82) is 0 Å². The molecule has 0 N–H and O–H groups in total. The van der Waals surface area contributed by atoms with E-state index in [1.165, 1.54) is 33.4 Å². The number of rotatable bonds is 10. The lowest BCUT2D eigenvalue weighted by atomic mass is 9.98. The van der Waals surface area contributed by atoms with Gasteiger partial charge in [-0.2, -0.15) is 0 Å². The second kappa shape index (κ2) is 17.1. The summed E-state index contributed by atoms with van der Waals surface area (Å²) in [5, 5.41) is 0. The standard InChI is InChI=1S/C61H43N3/c1-5-14-44(15-6-1)46-24-26-47(27-25-46)49-30-37-57(38-31-49)63(56-35-28-48(29-36-56)45-16-7-2-8-17-45)58-39-32-50(33-40-58)52-20-13-21-53(42-52)54-34-41-60-59(43-54)62-61(51-18-9-3-10-19-51)64(60)55-22-11-4-12-23-55/h1-43H. The number of aromatic nitrogens is 2. The molecule has 10 aromatic carbocycles. The van der Waals surface area contributed by atoms with E-state index in [4.69, 9.17) is 4.98 Å². The Morgan fingerprint density at radius 3 is 1.06 bits per heavy atom. The summed E-state index contributed by atoms with van der Waals surface area (Å²) in [6.45, 7) is 0. The monoisotopic (exact) mass is 817 g/mol. The number of nitrogens with zero attached hydrogens (tertiary/aromatic N) is 3. The second-order valence-electron chi connectivity index (χ2n) is 16.0. The number of benzene rings is 10. The van der Waals surface area contributed by atoms with Crippen LogP contribution in [0.15, 0.2) is 261 Å². The van der Waals surface area contributed by atoms with Gasteiger partial charge in [0.1, 0.15) is 5.82 Å². The van der Waals surface area contributed by atoms with Crippen molar-refractivity contribution in [3.63, 3.8) is 0 Å². The van der Waals surface area contributed by atoms with E-state index in [2.05, 4.69) is 264 Å². The summed E-state index contributed by atoms with van der Waals surface area (Å²) in [5.41, 5.74) is 19.3. The molecule has 64 heavy (non-hydrogen) atoms. The Labute approximate surface area is 374 Å². The van der Waals surface area contributed by atoms with Crippen molar-refractivity contribution in [2.24, 2.45) is 0 Å². The van der Waals surface area contributed by atoms with Gasteiger partial charge in [-0.25, -0.2) is 4.98 Å². The van der Waals surface area contributed by atoms with Crippen LogP contribution in [0.25, 0.3) is 83.7 Å². The van der Waals surface area contributed by atoms with E-state index in [-0.39, 0.29) is 0 Å². The molecule has 11 rings (SSSR count). The van der Waals surface area contributed by atoms with Crippen LogP contribution in [0.2, 0.25) is 0 Å². The van der Waals surface area contributed by atoms with Gasteiger partial charge in [-0.1, -0.05) is 194 Å². The van der Waals surface area contributed by atoms with Gasteiger partial charge >= 0.3 is 0 Å².